The highest BCUT2D eigenvalue weighted by molar-refractivity contribution is 14.1. The Labute approximate surface area is 96.4 Å². The molecule has 3 nitrogen and oxygen atoms in total. The van der Waals surface area contributed by atoms with Crippen LogP contribution in [-0.4, -0.2) is 4.92 Å². The predicted molar refractivity (Wildman–Crippen MR) is 60.8 cm³/mol. The van der Waals surface area contributed by atoms with Crippen molar-refractivity contribution in [3.8, 4) is 0 Å². The molecule has 0 unspecified atom stereocenters. The maximum Gasteiger partial charge on any atom is 0.283 e. The third kappa shape index (κ3) is 2.11. The van der Waals surface area contributed by atoms with Gasteiger partial charge >= 0.3 is 0 Å². The van der Waals surface area contributed by atoms with Crippen molar-refractivity contribution in [2.75, 3.05) is 0 Å². The van der Waals surface area contributed by atoms with Gasteiger partial charge in [0.2, 0.25) is 0 Å². The van der Waals surface area contributed by atoms with Crippen LogP contribution in [0.4, 0.5) is 5.69 Å². The van der Waals surface area contributed by atoms with Crippen molar-refractivity contribution in [3.63, 3.8) is 0 Å². The summed E-state index contributed by atoms with van der Waals surface area (Å²) in [6, 6.07) is 3.09. The van der Waals surface area contributed by atoms with Gasteiger partial charge in [-0.2, -0.15) is 0 Å². The van der Waals surface area contributed by atoms with Crippen LogP contribution in [0.25, 0.3) is 0 Å². The fourth-order valence-electron chi connectivity index (χ4n) is 0.672. The Balaban J connectivity index is 3.33. The Kier molecular flexibility index (Phi) is 3.36. The largest absolute Gasteiger partial charge is 0.283 e. The van der Waals surface area contributed by atoms with E-state index < -0.39 is 4.92 Å². The van der Waals surface area contributed by atoms with Gasteiger partial charge in [0.25, 0.3) is 5.69 Å². The van der Waals surface area contributed by atoms with Crippen molar-refractivity contribution in [1.82, 2.24) is 0 Å². The van der Waals surface area contributed by atoms with Gasteiger partial charge in [0, 0.05) is 14.1 Å². The molecule has 64 valence electrons. The molecule has 1 rings (SSSR count). The van der Waals surface area contributed by atoms with Gasteiger partial charge in [-0.3, -0.25) is 10.1 Å². The Morgan fingerprint density at radius 1 is 1.58 bits per heavy atom. The fourth-order valence-corrected chi connectivity index (χ4v) is 1.92. The summed E-state index contributed by atoms with van der Waals surface area (Å²) in [5.41, 5.74) is 0.0333. The minimum atomic E-state index is -0.447. The van der Waals surface area contributed by atoms with Crippen LogP contribution in [0.5, 0.6) is 0 Å². The first kappa shape index (κ1) is 10.3. The summed E-state index contributed by atoms with van der Waals surface area (Å²) in [6.07, 6.45) is 0. The van der Waals surface area contributed by atoms with E-state index in [-0.39, 0.29) is 5.69 Å². The van der Waals surface area contributed by atoms with E-state index in [2.05, 4.69) is 28.6 Å². The van der Waals surface area contributed by atoms with E-state index >= 15 is 0 Å². The van der Waals surface area contributed by atoms with Crippen LogP contribution in [0.15, 0.2) is 21.5 Å². The van der Waals surface area contributed by atoms with E-state index in [1.165, 1.54) is 6.07 Å². The Hall–Kier alpha value is 0.180. The summed E-state index contributed by atoms with van der Waals surface area (Å²) in [6.45, 7) is 0. The average molecular weight is 360 g/mol. The standard InChI is InChI=1S/C6H3BrINO2S/c7-3-1-6(12)5(9(10)11)2-4(3)8/h1-2,12H. The summed E-state index contributed by atoms with van der Waals surface area (Å²) in [5, 5.41) is 10.4. The van der Waals surface area contributed by atoms with Crippen LogP contribution < -0.4 is 0 Å². The van der Waals surface area contributed by atoms with E-state index in [1.54, 1.807) is 6.07 Å². The van der Waals surface area contributed by atoms with Crippen LogP contribution in [0.1, 0.15) is 0 Å². The lowest BCUT2D eigenvalue weighted by atomic mass is 10.3. The molecule has 0 amide bonds. The second-order valence-electron chi connectivity index (χ2n) is 2.01. The number of nitro benzene ring substituents is 1. The van der Waals surface area contributed by atoms with E-state index in [0.29, 0.717) is 4.90 Å². The fraction of sp³-hybridized carbons (Fsp3) is 0. The second kappa shape index (κ2) is 3.93. The summed E-state index contributed by atoms with van der Waals surface area (Å²) < 4.78 is 1.62. The van der Waals surface area contributed by atoms with Crippen LogP contribution in [-0.2, 0) is 0 Å². The smallest absolute Gasteiger partial charge is 0.258 e. The molecule has 0 aliphatic rings. The Morgan fingerprint density at radius 2 is 2.17 bits per heavy atom. The van der Waals surface area contributed by atoms with Gasteiger partial charge < -0.3 is 0 Å². The molecule has 6 heteroatoms. The van der Waals surface area contributed by atoms with Crippen molar-refractivity contribution in [2.45, 2.75) is 4.90 Å². The zero-order valence-corrected chi connectivity index (χ0v) is 10.3. The molecule has 0 N–H and O–H groups in total. The molecule has 0 saturated heterocycles. The van der Waals surface area contributed by atoms with Gasteiger partial charge in [0.05, 0.1) is 9.82 Å². The van der Waals surface area contributed by atoms with E-state index in [4.69, 9.17) is 0 Å². The summed E-state index contributed by atoms with van der Waals surface area (Å²) in [7, 11) is 0. The van der Waals surface area contributed by atoms with E-state index in [0.717, 1.165) is 8.04 Å². The third-order valence-corrected chi connectivity index (χ3v) is 3.86. The Morgan fingerprint density at radius 3 is 2.67 bits per heavy atom. The van der Waals surface area contributed by atoms with Crippen molar-refractivity contribution < 1.29 is 4.92 Å². The van der Waals surface area contributed by atoms with Gasteiger partial charge in [-0.05, 0) is 44.6 Å². The number of nitro groups is 1. The maximum atomic E-state index is 10.4. The number of rotatable bonds is 1. The SMILES string of the molecule is O=[N+]([O-])c1cc(I)c(Br)cc1S. The molecule has 0 saturated carbocycles. The normalized spacial score (nSPS) is 9.92. The highest BCUT2D eigenvalue weighted by Gasteiger charge is 2.13. The molecule has 0 fully saturated rings. The topological polar surface area (TPSA) is 43.1 Å². The second-order valence-corrected chi connectivity index (χ2v) is 4.51. The summed E-state index contributed by atoms with van der Waals surface area (Å²) in [4.78, 5) is 10.3. The molecule has 0 bridgehead atoms. The molecule has 1 aromatic carbocycles. The van der Waals surface area contributed by atoms with Crippen molar-refractivity contribution >= 4 is 56.8 Å². The van der Waals surface area contributed by atoms with Gasteiger partial charge in [-0.1, -0.05) is 0 Å². The molecule has 0 spiro atoms. The lowest BCUT2D eigenvalue weighted by molar-refractivity contribution is -0.387. The first-order valence-corrected chi connectivity index (χ1v) is 5.16. The quantitative estimate of drug-likeness (QED) is 0.362. The van der Waals surface area contributed by atoms with Gasteiger partial charge in [-0.25, -0.2) is 0 Å². The number of hydrogen-bond donors (Lipinski definition) is 1. The van der Waals surface area contributed by atoms with Crippen molar-refractivity contribution in [1.29, 1.82) is 0 Å². The zero-order valence-electron chi connectivity index (χ0n) is 5.62. The molecule has 1 aromatic rings. The highest BCUT2D eigenvalue weighted by atomic mass is 127. The molecular weight excluding hydrogens is 357 g/mol. The molecule has 0 aromatic heterocycles. The number of thiol groups is 1. The zero-order chi connectivity index (χ0) is 9.30. The van der Waals surface area contributed by atoms with Crippen molar-refractivity contribution in [3.05, 3.63) is 30.3 Å². The molecule has 0 aliphatic carbocycles. The molecular formula is C6H3BrINO2S. The van der Waals surface area contributed by atoms with Gasteiger partial charge in [-0.15, -0.1) is 12.6 Å². The number of halogens is 2. The number of hydrogen-bond acceptors (Lipinski definition) is 3. The third-order valence-electron chi connectivity index (χ3n) is 1.21. The first-order valence-electron chi connectivity index (χ1n) is 2.85. The van der Waals surface area contributed by atoms with Crippen LogP contribution in [0, 0.1) is 13.7 Å². The highest BCUT2D eigenvalue weighted by Crippen LogP contribution is 2.30. The van der Waals surface area contributed by atoms with Crippen LogP contribution in [0.2, 0.25) is 0 Å². The van der Waals surface area contributed by atoms with Crippen molar-refractivity contribution in [2.24, 2.45) is 0 Å². The summed E-state index contributed by atoms with van der Waals surface area (Å²) in [5.74, 6) is 0. The minimum absolute atomic E-state index is 0.0333. The molecule has 0 atom stereocenters. The van der Waals surface area contributed by atoms with E-state index in [9.17, 15) is 10.1 Å². The van der Waals surface area contributed by atoms with E-state index in [1.807, 2.05) is 22.6 Å². The molecule has 12 heavy (non-hydrogen) atoms. The first-order chi connectivity index (χ1) is 5.52. The molecule has 0 radical (unpaired) electrons. The molecule has 0 heterocycles. The minimum Gasteiger partial charge on any atom is -0.258 e. The van der Waals surface area contributed by atoms with Crippen LogP contribution in [0.3, 0.4) is 0 Å². The van der Waals surface area contributed by atoms with Crippen LogP contribution >= 0.6 is 51.1 Å². The summed E-state index contributed by atoms with van der Waals surface area (Å²) >= 11 is 9.24. The lowest BCUT2D eigenvalue weighted by Gasteiger charge is -1.98. The van der Waals surface area contributed by atoms with Gasteiger partial charge in [0.15, 0.2) is 0 Å². The lowest BCUT2D eigenvalue weighted by Crippen LogP contribution is -1.90. The number of nitrogens with zero attached hydrogens (tertiary/aromatic N) is 1. The Bertz CT molecular complexity index is 345. The number of benzene rings is 1. The van der Waals surface area contributed by atoms with Gasteiger partial charge in [0.1, 0.15) is 0 Å². The predicted octanol–water partition coefficient (Wildman–Crippen LogP) is 3.25. The average Bonchev–Trinajstić information content (AvgIpc) is 1.96. The molecule has 0 aliphatic heterocycles. The maximum absolute atomic E-state index is 10.4. The monoisotopic (exact) mass is 359 g/mol.